The molecule has 3 N–H and O–H groups in total. The second kappa shape index (κ2) is 4.01. The zero-order valence-electron chi connectivity index (χ0n) is 10.2. The van der Waals surface area contributed by atoms with Gasteiger partial charge in [0.05, 0.1) is 11.0 Å². The topological polar surface area (TPSA) is 77.8 Å². The molecule has 0 atom stereocenters. The number of H-pyrrole nitrogens is 2. The summed E-state index contributed by atoms with van der Waals surface area (Å²) in [6, 6.07) is 3.67. The van der Waals surface area contributed by atoms with Gasteiger partial charge in [-0.1, -0.05) is 6.42 Å². The summed E-state index contributed by atoms with van der Waals surface area (Å²) in [4.78, 5) is 28.5. The van der Waals surface area contributed by atoms with E-state index in [-0.39, 0.29) is 17.5 Å². The van der Waals surface area contributed by atoms with Crippen LogP contribution in [0.25, 0.3) is 11.0 Å². The summed E-state index contributed by atoms with van der Waals surface area (Å²) in [5.41, 5.74) is 2.97. The van der Waals surface area contributed by atoms with Crippen LogP contribution in [-0.4, -0.2) is 15.9 Å². The molecule has 0 radical (unpaired) electrons. The fourth-order valence-corrected chi connectivity index (χ4v) is 2.23. The maximum absolute atomic E-state index is 11.9. The Bertz CT molecular complexity index is 664. The van der Waals surface area contributed by atoms with Gasteiger partial charge in [-0.2, -0.15) is 0 Å². The first-order valence-corrected chi connectivity index (χ1v) is 6.17. The van der Waals surface area contributed by atoms with E-state index >= 15 is 0 Å². The third kappa shape index (κ3) is 1.81. The maximum atomic E-state index is 11.9. The van der Waals surface area contributed by atoms with E-state index in [4.69, 9.17) is 0 Å². The highest BCUT2D eigenvalue weighted by Gasteiger charge is 2.25. The number of hydrogen-bond donors (Lipinski definition) is 3. The number of aryl methyl sites for hydroxylation is 1. The minimum atomic E-state index is -0.230. The molecule has 0 spiro atoms. The first-order chi connectivity index (χ1) is 8.63. The van der Waals surface area contributed by atoms with Crippen molar-refractivity contribution < 1.29 is 4.79 Å². The van der Waals surface area contributed by atoms with Crippen LogP contribution in [0.4, 0.5) is 5.69 Å². The van der Waals surface area contributed by atoms with Crippen LogP contribution in [0.5, 0.6) is 0 Å². The average Bonchev–Trinajstić information content (AvgIpc) is 2.55. The first kappa shape index (κ1) is 11.1. The van der Waals surface area contributed by atoms with Crippen LogP contribution in [0.1, 0.15) is 24.8 Å². The Balaban J connectivity index is 1.92. The molecule has 1 fully saturated rings. The number of rotatable bonds is 2. The smallest absolute Gasteiger partial charge is 0.323 e. The van der Waals surface area contributed by atoms with Gasteiger partial charge in [-0.3, -0.25) is 4.79 Å². The minimum Gasteiger partial charge on any atom is -0.326 e. The second-order valence-corrected chi connectivity index (χ2v) is 4.91. The lowest BCUT2D eigenvalue weighted by Crippen LogP contribution is -2.28. The quantitative estimate of drug-likeness (QED) is 0.755. The Hall–Kier alpha value is -2.04. The van der Waals surface area contributed by atoms with Gasteiger partial charge in [-0.15, -0.1) is 0 Å². The van der Waals surface area contributed by atoms with E-state index < -0.39 is 0 Å². The average molecular weight is 245 g/mol. The standard InChI is InChI=1S/C13H15N3O2/c1-7-5-10-11(16-13(18)15-10)6-9(7)14-12(17)8-3-2-4-8/h5-6,8H,2-4H2,1H3,(H,14,17)(H2,15,16,18). The molecule has 18 heavy (non-hydrogen) atoms. The van der Waals surface area contributed by atoms with Crippen molar-refractivity contribution in [3.05, 3.63) is 28.2 Å². The number of anilines is 1. The lowest BCUT2D eigenvalue weighted by atomic mass is 9.85. The fourth-order valence-electron chi connectivity index (χ4n) is 2.23. The molecule has 0 aliphatic heterocycles. The summed E-state index contributed by atoms with van der Waals surface area (Å²) in [6.45, 7) is 1.92. The van der Waals surface area contributed by atoms with Crippen LogP contribution < -0.4 is 11.0 Å². The van der Waals surface area contributed by atoms with Gasteiger partial charge in [-0.05, 0) is 37.5 Å². The van der Waals surface area contributed by atoms with E-state index in [0.29, 0.717) is 0 Å². The molecule has 94 valence electrons. The molecule has 1 amide bonds. The number of benzene rings is 1. The monoisotopic (exact) mass is 245 g/mol. The summed E-state index contributed by atoms with van der Waals surface area (Å²) >= 11 is 0. The Labute approximate surface area is 104 Å². The van der Waals surface area contributed by atoms with Gasteiger partial charge in [0.25, 0.3) is 0 Å². The highest BCUT2D eigenvalue weighted by Crippen LogP contribution is 2.28. The minimum absolute atomic E-state index is 0.0848. The molecule has 1 aliphatic carbocycles. The van der Waals surface area contributed by atoms with Crippen molar-refractivity contribution in [3.63, 3.8) is 0 Å². The molecule has 3 rings (SSSR count). The van der Waals surface area contributed by atoms with Crippen molar-refractivity contribution in [2.75, 3.05) is 5.32 Å². The van der Waals surface area contributed by atoms with Gasteiger partial charge in [0, 0.05) is 11.6 Å². The third-order valence-corrected chi connectivity index (χ3v) is 3.59. The molecule has 1 aromatic heterocycles. The Morgan fingerprint density at radius 3 is 2.56 bits per heavy atom. The summed E-state index contributed by atoms with van der Waals surface area (Å²) in [7, 11) is 0. The number of carbonyl (C=O) groups excluding carboxylic acids is 1. The summed E-state index contributed by atoms with van der Waals surface area (Å²) < 4.78 is 0. The van der Waals surface area contributed by atoms with Crippen LogP contribution in [0.3, 0.4) is 0 Å². The largest absolute Gasteiger partial charge is 0.326 e. The zero-order chi connectivity index (χ0) is 12.7. The van der Waals surface area contributed by atoms with Crippen LogP contribution in [0.15, 0.2) is 16.9 Å². The normalized spacial score (nSPS) is 15.6. The van der Waals surface area contributed by atoms with Crippen molar-refractivity contribution in [1.82, 2.24) is 9.97 Å². The van der Waals surface area contributed by atoms with Gasteiger partial charge < -0.3 is 15.3 Å². The molecular weight excluding hydrogens is 230 g/mol. The van der Waals surface area contributed by atoms with Crippen molar-refractivity contribution in [2.45, 2.75) is 26.2 Å². The molecule has 1 aliphatic rings. The summed E-state index contributed by atoms with van der Waals surface area (Å²) in [5.74, 6) is 0.243. The Morgan fingerprint density at radius 2 is 1.94 bits per heavy atom. The molecule has 1 heterocycles. The molecule has 0 unspecified atom stereocenters. The second-order valence-electron chi connectivity index (χ2n) is 4.91. The van der Waals surface area contributed by atoms with E-state index in [1.54, 1.807) is 6.07 Å². The number of aromatic nitrogens is 2. The van der Waals surface area contributed by atoms with Gasteiger partial charge in [0.15, 0.2) is 0 Å². The van der Waals surface area contributed by atoms with Crippen LogP contribution in [-0.2, 0) is 4.79 Å². The number of nitrogens with one attached hydrogen (secondary N) is 3. The van der Waals surface area contributed by atoms with E-state index in [1.807, 2.05) is 13.0 Å². The predicted octanol–water partition coefficient (Wildman–Crippen LogP) is 1.90. The van der Waals surface area contributed by atoms with Crippen LogP contribution >= 0.6 is 0 Å². The fraction of sp³-hybridized carbons (Fsp3) is 0.385. The van der Waals surface area contributed by atoms with E-state index in [2.05, 4.69) is 15.3 Å². The lowest BCUT2D eigenvalue weighted by Gasteiger charge is -2.24. The van der Waals surface area contributed by atoms with Gasteiger partial charge in [0.1, 0.15) is 0 Å². The van der Waals surface area contributed by atoms with Gasteiger partial charge in [-0.25, -0.2) is 4.79 Å². The summed E-state index contributed by atoms with van der Waals surface area (Å²) in [5, 5.41) is 2.94. The van der Waals surface area contributed by atoms with Crippen molar-refractivity contribution in [2.24, 2.45) is 5.92 Å². The van der Waals surface area contributed by atoms with Crippen LogP contribution in [0.2, 0.25) is 0 Å². The Morgan fingerprint density at radius 1 is 1.28 bits per heavy atom. The Kier molecular flexibility index (Phi) is 2.47. The molecule has 5 nitrogen and oxygen atoms in total. The third-order valence-electron chi connectivity index (χ3n) is 3.59. The van der Waals surface area contributed by atoms with Crippen molar-refractivity contribution >= 4 is 22.6 Å². The molecule has 0 bridgehead atoms. The highest BCUT2D eigenvalue weighted by molar-refractivity contribution is 5.95. The number of amides is 1. The molecule has 2 aromatic rings. The zero-order valence-corrected chi connectivity index (χ0v) is 10.2. The SMILES string of the molecule is Cc1cc2[nH]c(=O)[nH]c2cc1NC(=O)C1CCC1. The van der Waals surface area contributed by atoms with E-state index in [0.717, 1.165) is 41.5 Å². The van der Waals surface area contributed by atoms with Crippen LogP contribution in [0, 0.1) is 12.8 Å². The maximum Gasteiger partial charge on any atom is 0.323 e. The molecule has 0 saturated heterocycles. The molecular formula is C13H15N3O2. The van der Waals surface area contributed by atoms with E-state index in [1.165, 1.54) is 0 Å². The number of fused-ring (bicyclic) bond motifs is 1. The predicted molar refractivity (Wildman–Crippen MR) is 69.6 cm³/mol. The van der Waals surface area contributed by atoms with Gasteiger partial charge >= 0.3 is 5.69 Å². The lowest BCUT2D eigenvalue weighted by molar-refractivity contribution is -0.122. The molecule has 5 heteroatoms. The number of imidazole rings is 1. The molecule has 1 saturated carbocycles. The van der Waals surface area contributed by atoms with E-state index in [9.17, 15) is 9.59 Å². The highest BCUT2D eigenvalue weighted by atomic mass is 16.2. The number of aromatic amines is 2. The molecule has 1 aromatic carbocycles. The van der Waals surface area contributed by atoms with Crippen molar-refractivity contribution in [3.8, 4) is 0 Å². The first-order valence-electron chi connectivity index (χ1n) is 6.17. The van der Waals surface area contributed by atoms with Gasteiger partial charge in [0.2, 0.25) is 5.91 Å². The number of carbonyl (C=O) groups is 1. The summed E-state index contributed by atoms with van der Waals surface area (Å²) in [6.07, 6.45) is 3.10. The van der Waals surface area contributed by atoms with Crippen molar-refractivity contribution in [1.29, 1.82) is 0 Å². The number of hydrogen-bond acceptors (Lipinski definition) is 2.